The Bertz CT molecular complexity index is 1220. The minimum Gasteiger partial charge on any atom is -0.444 e. The van der Waals surface area contributed by atoms with E-state index in [4.69, 9.17) is 9.57 Å². The van der Waals surface area contributed by atoms with Crippen LogP contribution >= 0.6 is 0 Å². The molecule has 3 aromatic rings. The molecule has 2 heterocycles. The first-order chi connectivity index (χ1) is 15.6. The van der Waals surface area contributed by atoms with Crippen LogP contribution in [-0.2, 0) is 20.8 Å². The summed E-state index contributed by atoms with van der Waals surface area (Å²) < 4.78 is 5.27. The first kappa shape index (κ1) is 22.1. The number of fused-ring (bicyclic) bond motifs is 2. The SMILES string of the molecule is CC(C)(C)OC(=O)N[C@H](Cc1c[nH]c2ccccc12)C(=O)ON1C(=O)c2ccccc2C1=O. The summed E-state index contributed by atoms with van der Waals surface area (Å²) in [4.78, 5) is 58.9. The largest absolute Gasteiger partial charge is 0.444 e. The number of para-hydroxylation sites is 1. The van der Waals surface area contributed by atoms with Gasteiger partial charge in [0.15, 0.2) is 0 Å². The standard InChI is InChI=1S/C24H23N3O6/c1-24(2,3)32-23(31)26-19(12-14-13-25-18-11-7-6-8-15(14)18)22(30)33-27-20(28)16-9-4-5-10-17(16)21(27)29/h4-11,13,19,25H,12H2,1-3H3,(H,26,31)/t19-/m1/s1. The molecule has 1 aliphatic heterocycles. The van der Waals surface area contributed by atoms with E-state index in [-0.39, 0.29) is 17.5 Å². The lowest BCUT2D eigenvalue weighted by atomic mass is 10.1. The number of nitrogens with one attached hydrogen (secondary N) is 2. The predicted octanol–water partition coefficient (Wildman–Crippen LogP) is 3.36. The van der Waals surface area contributed by atoms with Crippen LogP contribution in [0.15, 0.2) is 54.7 Å². The number of hydrogen-bond acceptors (Lipinski definition) is 6. The van der Waals surface area contributed by atoms with Gasteiger partial charge in [-0.15, -0.1) is 0 Å². The summed E-state index contributed by atoms with van der Waals surface area (Å²) >= 11 is 0. The number of imide groups is 1. The average molecular weight is 449 g/mol. The highest BCUT2D eigenvalue weighted by atomic mass is 16.7. The maximum Gasteiger partial charge on any atom is 0.408 e. The number of nitrogens with zero attached hydrogens (tertiary/aromatic N) is 1. The summed E-state index contributed by atoms with van der Waals surface area (Å²) in [5, 5.41) is 3.79. The number of aromatic nitrogens is 1. The van der Waals surface area contributed by atoms with Crippen molar-refractivity contribution < 1.29 is 28.8 Å². The highest BCUT2D eigenvalue weighted by Gasteiger charge is 2.40. The number of benzene rings is 2. The van der Waals surface area contributed by atoms with Crippen molar-refractivity contribution in [3.8, 4) is 0 Å². The number of H-pyrrole nitrogens is 1. The number of carbonyl (C=O) groups excluding carboxylic acids is 4. The third-order valence-corrected chi connectivity index (χ3v) is 5.01. The van der Waals surface area contributed by atoms with Gasteiger partial charge in [0, 0.05) is 23.5 Å². The Balaban J connectivity index is 1.57. The Morgan fingerprint density at radius 3 is 2.24 bits per heavy atom. The maximum absolute atomic E-state index is 13.1. The van der Waals surface area contributed by atoms with Gasteiger partial charge in [-0.25, -0.2) is 9.59 Å². The number of hydroxylamine groups is 2. The Morgan fingerprint density at radius 2 is 1.61 bits per heavy atom. The van der Waals surface area contributed by atoms with Gasteiger partial charge in [-0.05, 0) is 44.5 Å². The lowest BCUT2D eigenvalue weighted by molar-refractivity contribution is -0.171. The van der Waals surface area contributed by atoms with E-state index in [0.29, 0.717) is 5.06 Å². The molecule has 1 atom stereocenters. The van der Waals surface area contributed by atoms with Crippen molar-refractivity contribution in [2.24, 2.45) is 0 Å². The summed E-state index contributed by atoms with van der Waals surface area (Å²) in [5.41, 5.74) is 1.09. The van der Waals surface area contributed by atoms with E-state index < -0.39 is 35.5 Å². The Kier molecular flexibility index (Phi) is 5.63. The zero-order valence-electron chi connectivity index (χ0n) is 18.4. The molecular weight excluding hydrogens is 426 g/mol. The lowest BCUT2D eigenvalue weighted by Crippen LogP contribution is -2.48. The molecule has 1 aliphatic rings. The molecule has 2 aromatic carbocycles. The van der Waals surface area contributed by atoms with Crippen molar-refractivity contribution >= 4 is 34.8 Å². The van der Waals surface area contributed by atoms with Crippen molar-refractivity contribution in [3.63, 3.8) is 0 Å². The summed E-state index contributed by atoms with van der Waals surface area (Å²) in [7, 11) is 0. The smallest absolute Gasteiger partial charge is 0.408 e. The van der Waals surface area contributed by atoms with E-state index in [1.54, 1.807) is 39.1 Å². The van der Waals surface area contributed by atoms with Crippen molar-refractivity contribution in [1.29, 1.82) is 0 Å². The molecule has 0 radical (unpaired) electrons. The van der Waals surface area contributed by atoms with Crippen LogP contribution < -0.4 is 5.32 Å². The molecule has 33 heavy (non-hydrogen) atoms. The molecule has 1 aromatic heterocycles. The van der Waals surface area contributed by atoms with Crippen molar-refractivity contribution in [2.45, 2.75) is 38.8 Å². The van der Waals surface area contributed by atoms with Crippen LogP contribution in [0.4, 0.5) is 4.79 Å². The highest BCUT2D eigenvalue weighted by Crippen LogP contribution is 2.24. The van der Waals surface area contributed by atoms with Crippen molar-refractivity contribution in [2.75, 3.05) is 0 Å². The van der Waals surface area contributed by atoms with Gasteiger partial charge in [0.25, 0.3) is 11.8 Å². The molecule has 0 unspecified atom stereocenters. The first-order valence-electron chi connectivity index (χ1n) is 10.4. The van der Waals surface area contributed by atoms with Gasteiger partial charge < -0.3 is 19.9 Å². The van der Waals surface area contributed by atoms with Crippen LogP contribution in [0.25, 0.3) is 10.9 Å². The van der Waals surface area contributed by atoms with Gasteiger partial charge >= 0.3 is 12.1 Å². The molecule has 9 nitrogen and oxygen atoms in total. The molecule has 2 N–H and O–H groups in total. The summed E-state index contributed by atoms with van der Waals surface area (Å²) in [5.74, 6) is -2.46. The van der Waals surface area contributed by atoms with Crippen molar-refractivity contribution in [3.05, 3.63) is 71.4 Å². The number of hydrogen-bond donors (Lipinski definition) is 2. The van der Waals surface area contributed by atoms with Crippen LogP contribution in [0.1, 0.15) is 47.1 Å². The van der Waals surface area contributed by atoms with Crippen LogP contribution in [0, 0.1) is 0 Å². The molecule has 0 fully saturated rings. The monoisotopic (exact) mass is 449 g/mol. The van der Waals surface area contributed by atoms with E-state index in [1.165, 1.54) is 12.1 Å². The summed E-state index contributed by atoms with van der Waals surface area (Å²) in [6, 6.07) is 12.4. The number of carbonyl (C=O) groups is 4. The molecule has 0 saturated heterocycles. The Hall–Kier alpha value is -4.14. The van der Waals surface area contributed by atoms with Crippen LogP contribution in [-0.4, -0.2) is 45.6 Å². The molecule has 0 aliphatic carbocycles. The van der Waals surface area contributed by atoms with Gasteiger partial charge in [0.2, 0.25) is 0 Å². The Morgan fingerprint density at radius 1 is 1.00 bits per heavy atom. The van der Waals surface area contributed by atoms with E-state index >= 15 is 0 Å². The third-order valence-electron chi connectivity index (χ3n) is 5.01. The van der Waals surface area contributed by atoms with Crippen molar-refractivity contribution in [1.82, 2.24) is 15.4 Å². The molecule has 0 bridgehead atoms. The molecular formula is C24H23N3O6. The fourth-order valence-corrected chi connectivity index (χ4v) is 3.57. The predicted molar refractivity (Wildman–Crippen MR) is 118 cm³/mol. The number of amides is 3. The zero-order chi connectivity index (χ0) is 23.8. The third kappa shape index (κ3) is 4.57. The van der Waals surface area contributed by atoms with Crippen LogP contribution in [0.2, 0.25) is 0 Å². The van der Waals surface area contributed by atoms with E-state index in [9.17, 15) is 19.2 Å². The van der Waals surface area contributed by atoms with Gasteiger partial charge in [-0.3, -0.25) is 9.59 Å². The van der Waals surface area contributed by atoms with Crippen LogP contribution in [0.3, 0.4) is 0 Å². The molecule has 0 spiro atoms. The molecule has 4 rings (SSSR count). The molecule has 9 heteroatoms. The summed E-state index contributed by atoms with van der Waals surface area (Å²) in [6.45, 7) is 5.08. The topological polar surface area (TPSA) is 118 Å². The number of ether oxygens (including phenoxy) is 1. The number of aromatic amines is 1. The Labute approximate surface area is 189 Å². The quantitative estimate of drug-likeness (QED) is 0.577. The van der Waals surface area contributed by atoms with Gasteiger partial charge in [-0.2, -0.15) is 0 Å². The van der Waals surface area contributed by atoms with Gasteiger partial charge in [-0.1, -0.05) is 35.4 Å². The van der Waals surface area contributed by atoms with E-state index in [1.807, 2.05) is 24.3 Å². The van der Waals surface area contributed by atoms with Gasteiger partial charge in [0.1, 0.15) is 11.6 Å². The molecule has 0 saturated carbocycles. The normalized spacial score (nSPS) is 14.2. The average Bonchev–Trinajstić information content (AvgIpc) is 3.27. The van der Waals surface area contributed by atoms with Gasteiger partial charge in [0.05, 0.1) is 11.1 Å². The first-order valence-corrected chi connectivity index (χ1v) is 10.4. The minimum atomic E-state index is -1.22. The second-order valence-corrected chi connectivity index (χ2v) is 8.62. The molecule has 170 valence electrons. The highest BCUT2D eigenvalue weighted by molar-refractivity contribution is 6.21. The summed E-state index contributed by atoms with van der Waals surface area (Å²) in [6.07, 6.45) is 0.946. The van der Waals surface area contributed by atoms with Crippen LogP contribution in [0.5, 0.6) is 0 Å². The van der Waals surface area contributed by atoms with E-state index in [2.05, 4.69) is 10.3 Å². The number of alkyl carbamates (subject to hydrolysis) is 1. The van der Waals surface area contributed by atoms with E-state index in [0.717, 1.165) is 16.5 Å². The fraction of sp³-hybridized carbons (Fsp3) is 0.250. The maximum atomic E-state index is 13.1. The molecule has 3 amide bonds. The number of rotatable bonds is 5. The minimum absolute atomic E-state index is 0.0469. The second-order valence-electron chi connectivity index (χ2n) is 8.62. The second kappa shape index (κ2) is 8.42. The fourth-order valence-electron chi connectivity index (χ4n) is 3.57. The zero-order valence-corrected chi connectivity index (χ0v) is 18.4. The lowest BCUT2D eigenvalue weighted by Gasteiger charge is -2.23.